The molecule has 6 nitrogen and oxygen atoms in total. The topological polar surface area (TPSA) is 87.6 Å². The van der Waals surface area contributed by atoms with Crippen LogP contribution in [-0.2, 0) is 9.53 Å². The van der Waals surface area contributed by atoms with E-state index in [-0.39, 0.29) is 18.2 Å². The smallest absolute Gasteiger partial charge is 0.352 e. The third-order valence-corrected chi connectivity index (χ3v) is 7.71. The van der Waals surface area contributed by atoms with Crippen molar-refractivity contribution in [2.75, 3.05) is 12.3 Å². The molecule has 0 saturated heterocycles. The van der Waals surface area contributed by atoms with Gasteiger partial charge >= 0.3 is 5.97 Å². The minimum absolute atomic E-state index is 0.0455. The number of halogens is 2. The van der Waals surface area contributed by atoms with Crippen molar-refractivity contribution in [3.8, 4) is 39.1 Å². The number of anilines is 1. The second-order valence-electron chi connectivity index (χ2n) is 8.39. The number of rotatable bonds is 9. The summed E-state index contributed by atoms with van der Waals surface area (Å²) >= 11 is 8.42. The molecule has 0 bridgehead atoms. The number of ether oxygens (including phenoxy) is 2. The van der Waals surface area contributed by atoms with E-state index >= 15 is 0 Å². The molecule has 0 saturated carbocycles. The van der Waals surface area contributed by atoms with E-state index in [4.69, 9.17) is 24.6 Å². The minimum atomic E-state index is -1.10. The Morgan fingerprint density at radius 1 is 1.03 bits per heavy atom. The fourth-order valence-electron chi connectivity index (χ4n) is 3.85. The number of thiophene rings is 1. The van der Waals surface area contributed by atoms with Gasteiger partial charge in [0.15, 0.2) is 0 Å². The highest BCUT2D eigenvalue weighted by Crippen LogP contribution is 2.40. The van der Waals surface area contributed by atoms with Gasteiger partial charge in [0.2, 0.25) is 12.0 Å². The Morgan fingerprint density at radius 3 is 2.38 bits per heavy atom. The Labute approximate surface area is 246 Å². The third-order valence-electron chi connectivity index (χ3n) is 5.76. The van der Waals surface area contributed by atoms with Gasteiger partial charge in [-0.3, -0.25) is 0 Å². The molecule has 5 rings (SSSR count). The lowest BCUT2D eigenvalue weighted by Crippen LogP contribution is -2.22. The van der Waals surface area contributed by atoms with E-state index in [9.17, 15) is 4.79 Å². The molecule has 2 N–H and O–H groups in total. The lowest BCUT2D eigenvalue weighted by molar-refractivity contribution is -0.151. The van der Waals surface area contributed by atoms with Gasteiger partial charge in [0.25, 0.3) is 0 Å². The molecule has 39 heavy (non-hydrogen) atoms. The number of benzene rings is 2. The highest BCUT2D eigenvalue weighted by molar-refractivity contribution is 9.10. The number of nitrogens with two attached hydrogens (primary N) is 1. The van der Waals surface area contributed by atoms with Crippen LogP contribution in [0.5, 0.6) is 5.88 Å². The first kappa shape index (κ1) is 26.9. The summed E-state index contributed by atoms with van der Waals surface area (Å²) in [5, 5.41) is 1.96. The molecule has 0 aliphatic carbocycles. The summed E-state index contributed by atoms with van der Waals surface area (Å²) < 4.78 is 19.6. The van der Waals surface area contributed by atoms with Crippen LogP contribution < -0.4 is 10.5 Å². The van der Waals surface area contributed by atoms with Gasteiger partial charge in [-0.15, -0.1) is 11.3 Å². The maximum absolute atomic E-state index is 13.1. The molecule has 0 aliphatic rings. The molecule has 0 fully saturated rings. The van der Waals surface area contributed by atoms with Crippen molar-refractivity contribution in [1.82, 2.24) is 4.98 Å². The summed E-state index contributed by atoms with van der Waals surface area (Å²) in [6, 6.07) is 24.5. The Kier molecular flexibility index (Phi) is 8.30. The summed E-state index contributed by atoms with van der Waals surface area (Å²) in [5.41, 5.74) is 9.62. The van der Waals surface area contributed by atoms with E-state index in [2.05, 4.69) is 38.4 Å². The molecular weight excluding hydrogens is 644 g/mol. The quantitative estimate of drug-likeness (QED) is 0.125. The first-order valence-corrected chi connectivity index (χ1v) is 14.3. The van der Waals surface area contributed by atoms with E-state index in [1.807, 2.05) is 72.1 Å². The number of aromatic nitrogens is 1. The molecule has 3 aromatic heterocycles. The number of carbonyl (C=O) groups excluding carboxylic acids is 1. The molecular formula is C30H22Br2N2O4S. The van der Waals surface area contributed by atoms with Gasteiger partial charge in [-0.1, -0.05) is 74.8 Å². The molecule has 9 heteroatoms. The van der Waals surface area contributed by atoms with Crippen molar-refractivity contribution in [2.45, 2.75) is 6.10 Å². The van der Waals surface area contributed by atoms with Crippen LogP contribution in [0.4, 0.5) is 5.69 Å². The highest BCUT2D eigenvalue weighted by atomic mass is 79.9. The normalized spacial score (nSPS) is 11.6. The fourth-order valence-corrected chi connectivity index (χ4v) is 5.06. The molecule has 1 unspecified atom stereocenters. The summed E-state index contributed by atoms with van der Waals surface area (Å²) in [6.45, 7) is 3.67. The van der Waals surface area contributed by atoms with Crippen LogP contribution in [0.15, 0.2) is 110 Å². The number of esters is 1. The largest absolute Gasteiger partial charge is 0.458 e. The number of pyridine rings is 1. The molecule has 0 spiro atoms. The average Bonchev–Trinajstić information content (AvgIpc) is 3.65. The number of furan rings is 1. The average molecular weight is 666 g/mol. The van der Waals surface area contributed by atoms with Gasteiger partial charge in [-0.2, -0.15) is 0 Å². The predicted octanol–water partition coefficient (Wildman–Crippen LogP) is 8.69. The van der Waals surface area contributed by atoms with Gasteiger partial charge < -0.3 is 19.6 Å². The molecule has 196 valence electrons. The summed E-state index contributed by atoms with van der Waals surface area (Å²) in [7, 11) is 0. The minimum Gasteiger partial charge on any atom is -0.458 e. The van der Waals surface area contributed by atoms with E-state index in [0.29, 0.717) is 28.3 Å². The lowest BCUT2D eigenvalue weighted by atomic mass is 10.1. The first-order chi connectivity index (χ1) is 18.9. The Hall–Kier alpha value is -3.66. The Balaban J connectivity index is 1.58. The Bertz CT molecular complexity index is 1600. The molecule has 1 atom stereocenters. The van der Waals surface area contributed by atoms with Gasteiger partial charge in [0.05, 0.1) is 10.6 Å². The van der Waals surface area contributed by atoms with Crippen LogP contribution >= 0.6 is 43.2 Å². The van der Waals surface area contributed by atoms with Crippen molar-refractivity contribution in [3.05, 3.63) is 111 Å². The number of hydrogen-bond donors (Lipinski definition) is 1. The summed E-state index contributed by atoms with van der Waals surface area (Å²) in [6.07, 6.45) is 0.396. The third kappa shape index (κ3) is 6.16. The van der Waals surface area contributed by atoms with Crippen molar-refractivity contribution < 1.29 is 18.7 Å². The van der Waals surface area contributed by atoms with Crippen molar-refractivity contribution in [2.24, 2.45) is 0 Å². The second kappa shape index (κ2) is 12.0. The number of carbonyl (C=O) groups is 1. The summed E-state index contributed by atoms with van der Waals surface area (Å²) in [4.78, 5) is 18.7. The molecule has 3 heterocycles. The van der Waals surface area contributed by atoms with Crippen LogP contribution in [0.25, 0.3) is 33.2 Å². The van der Waals surface area contributed by atoms with E-state index < -0.39 is 12.1 Å². The second-order valence-corrected chi connectivity index (χ2v) is 11.2. The van der Waals surface area contributed by atoms with E-state index in [1.54, 1.807) is 12.1 Å². The standard InChI is InChI=1S/C30H22Br2N2O4S/c1-2-15-36-30(35)28(19-7-11-21(32)12-8-19)38-29-27(33)22(17-23(34-29)26-4-3-16-39-26)25-14-13-24(37-25)18-5-9-20(31)10-6-18/h2-14,16-17,28H,1,15,33H2. The fraction of sp³-hybridized carbons (Fsp3) is 0.0667. The number of nitrogen functional groups attached to an aromatic ring is 1. The molecule has 5 aromatic rings. The first-order valence-electron chi connectivity index (χ1n) is 11.8. The van der Waals surface area contributed by atoms with Gasteiger partial charge in [0.1, 0.15) is 23.8 Å². The molecule has 2 aromatic carbocycles. The van der Waals surface area contributed by atoms with Gasteiger partial charge in [-0.25, -0.2) is 9.78 Å². The number of nitrogens with zero attached hydrogens (tertiary/aromatic N) is 1. The maximum atomic E-state index is 13.1. The summed E-state index contributed by atoms with van der Waals surface area (Å²) in [5.74, 6) is 0.748. The van der Waals surface area contributed by atoms with Gasteiger partial charge in [0, 0.05) is 25.6 Å². The van der Waals surface area contributed by atoms with Gasteiger partial charge in [-0.05, 0) is 53.9 Å². The predicted molar refractivity (Wildman–Crippen MR) is 161 cm³/mol. The van der Waals surface area contributed by atoms with Crippen LogP contribution in [0.3, 0.4) is 0 Å². The van der Waals surface area contributed by atoms with E-state index in [0.717, 1.165) is 19.4 Å². The van der Waals surface area contributed by atoms with Crippen LogP contribution in [0.1, 0.15) is 11.7 Å². The zero-order chi connectivity index (χ0) is 27.4. The van der Waals surface area contributed by atoms with Crippen molar-refractivity contribution >= 4 is 54.9 Å². The maximum Gasteiger partial charge on any atom is 0.352 e. The number of hydrogen-bond acceptors (Lipinski definition) is 7. The zero-order valence-corrected chi connectivity index (χ0v) is 24.5. The molecule has 0 radical (unpaired) electrons. The monoisotopic (exact) mass is 664 g/mol. The van der Waals surface area contributed by atoms with Crippen LogP contribution in [0.2, 0.25) is 0 Å². The lowest BCUT2D eigenvalue weighted by Gasteiger charge is -2.20. The van der Waals surface area contributed by atoms with Crippen molar-refractivity contribution in [3.63, 3.8) is 0 Å². The SMILES string of the molecule is C=CCOC(=O)C(Oc1nc(-c2cccs2)cc(-c2ccc(-c3ccc(Br)cc3)o2)c1N)c1ccc(Br)cc1. The van der Waals surface area contributed by atoms with E-state index in [1.165, 1.54) is 17.4 Å². The Morgan fingerprint density at radius 2 is 1.72 bits per heavy atom. The van der Waals surface area contributed by atoms with Crippen LogP contribution in [-0.4, -0.2) is 17.6 Å². The zero-order valence-electron chi connectivity index (χ0n) is 20.5. The van der Waals surface area contributed by atoms with Crippen LogP contribution in [0, 0.1) is 0 Å². The molecule has 0 amide bonds. The molecule has 0 aliphatic heterocycles. The highest BCUT2D eigenvalue weighted by Gasteiger charge is 2.28. The van der Waals surface area contributed by atoms with Crippen molar-refractivity contribution in [1.29, 1.82) is 0 Å².